The first-order chi connectivity index (χ1) is 12.2. The van der Waals surface area contributed by atoms with Crippen molar-refractivity contribution in [3.05, 3.63) is 35.4 Å². The standard InChI is InChI=1S/C19H33N3O3.HI/c1-5-20-19(22-16(3)14-23-4)21-13-17-8-7-9-18(12-17)15-25-11-10-24-6-2;/h7-9,12,16H,5-6,10-11,13-15H2,1-4H3,(H2,20,21,22);1H. The molecular weight excluding hydrogens is 445 g/mol. The van der Waals surface area contributed by atoms with Crippen molar-refractivity contribution in [2.75, 3.05) is 40.1 Å². The summed E-state index contributed by atoms with van der Waals surface area (Å²) < 4.78 is 16.0. The van der Waals surface area contributed by atoms with Gasteiger partial charge in [0.2, 0.25) is 0 Å². The van der Waals surface area contributed by atoms with Crippen LogP contribution in [0.15, 0.2) is 29.3 Å². The van der Waals surface area contributed by atoms with Gasteiger partial charge in [-0.3, -0.25) is 0 Å². The van der Waals surface area contributed by atoms with Gasteiger partial charge in [0.15, 0.2) is 5.96 Å². The molecule has 7 heteroatoms. The van der Waals surface area contributed by atoms with Crippen LogP contribution in [-0.4, -0.2) is 52.1 Å². The molecule has 0 amide bonds. The van der Waals surface area contributed by atoms with Gasteiger partial charge >= 0.3 is 0 Å². The normalized spacial score (nSPS) is 12.4. The van der Waals surface area contributed by atoms with Gasteiger partial charge in [-0.2, -0.15) is 0 Å². The topological polar surface area (TPSA) is 64.1 Å². The van der Waals surface area contributed by atoms with Crippen LogP contribution in [0.4, 0.5) is 0 Å². The quantitative estimate of drug-likeness (QED) is 0.209. The summed E-state index contributed by atoms with van der Waals surface area (Å²) in [5.74, 6) is 0.797. The Labute approximate surface area is 175 Å². The van der Waals surface area contributed by atoms with Crippen molar-refractivity contribution in [3.63, 3.8) is 0 Å². The molecule has 0 spiro atoms. The SMILES string of the molecule is CCNC(=NCc1cccc(COCCOCC)c1)NC(C)COC.I. The third kappa shape index (κ3) is 11.7. The van der Waals surface area contributed by atoms with Gasteiger partial charge in [0.25, 0.3) is 0 Å². The van der Waals surface area contributed by atoms with E-state index in [0.29, 0.717) is 33.0 Å². The third-order valence-electron chi connectivity index (χ3n) is 3.40. The van der Waals surface area contributed by atoms with Crippen molar-refractivity contribution < 1.29 is 14.2 Å². The van der Waals surface area contributed by atoms with E-state index in [9.17, 15) is 0 Å². The van der Waals surface area contributed by atoms with E-state index in [2.05, 4.69) is 47.7 Å². The fraction of sp³-hybridized carbons (Fsp3) is 0.632. The van der Waals surface area contributed by atoms with E-state index in [1.54, 1.807) is 7.11 Å². The number of halogens is 1. The van der Waals surface area contributed by atoms with Gasteiger partial charge in [-0.05, 0) is 31.9 Å². The van der Waals surface area contributed by atoms with E-state index in [0.717, 1.165) is 30.2 Å². The van der Waals surface area contributed by atoms with Crippen LogP contribution in [0, 0.1) is 0 Å². The Bertz CT molecular complexity index is 501. The van der Waals surface area contributed by atoms with Crippen molar-refractivity contribution in [2.24, 2.45) is 4.99 Å². The number of hydrogen-bond acceptors (Lipinski definition) is 4. The maximum absolute atomic E-state index is 5.62. The molecule has 2 N–H and O–H groups in total. The first-order valence-electron chi connectivity index (χ1n) is 8.96. The van der Waals surface area contributed by atoms with Crippen LogP contribution in [-0.2, 0) is 27.4 Å². The van der Waals surface area contributed by atoms with Gasteiger partial charge < -0.3 is 24.8 Å². The number of nitrogens with zero attached hydrogens (tertiary/aromatic N) is 1. The van der Waals surface area contributed by atoms with Gasteiger partial charge in [-0.25, -0.2) is 4.99 Å². The summed E-state index contributed by atoms with van der Waals surface area (Å²) in [5, 5.41) is 6.59. The minimum atomic E-state index is 0. The number of methoxy groups -OCH3 is 1. The average Bonchev–Trinajstić information content (AvgIpc) is 2.60. The van der Waals surface area contributed by atoms with Crippen molar-refractivity contribution in [2.45, 2.75) is 40.0 Å². The maximum atomic E-state index is 5.62. The molecule has 0 radical (unpaired) electrons. The molecule has 0 saturated carbocycles. The highest BCUT2D eigenvalue weighted by atomic mass is 127. The lowest BCUT2D eigenvalue weighted by atomic mass is 10.1. The summed E-state index contributed by atoms with van der Waals surface area (Å²) in [6.07, 6.45) is 0. The van der Waals surface area contributed by atoms with Crippen LogP contribution in [0.3, 0.4) is 0 Å². The molecular formula is C19H34IN3O3. The first-order valence-corrected chi connectivity index (χ1v) is 8.96. The maximum Gasteiger partial charge on any atom is 0.191 e. The minimum absolute atomic E-state index is 0. The zero-order chi connectivity index (χ0) is 18.3. The molecule has 1 aromatic carbocycles. The molecule has 1 aromatic rings. The summed E-state index contributed by atoms with van der Waals surface area (Å²) >= 11 is 0. The van der Waals surface area contributed by atoms with Crippen LogP contribution in [0.2, 0.25) is 0 Å². The van der Waals surface area contributed by atoms with Crippen molar-refractivity contribution in [3.8, 4) is 0 Å². The van der Waals surface area contributed by atoms with Gasteiger partial charge in [0.05, 0.1) is 33.0 Å². The number of ether oxygens (including phenoxy) is 3. The van der Waals surface area contributed by atoms with Crippen molar-refractivity contribution in [1.82, 2.24) is 10.6 Å². The fourth-order valence-corrected chi connectivity index (χ4v) is 2.29. The Morgan fingerprint density at radius 1 is 1.15 bits per heavy atom. The van der Waals surface area contributed by atoms with Crippen LogP contribution < -0.4 is 10.6 Å². The Kier molecular flexibility index (Phi) is 15.7. The summed E-state index contributed by atoms with van der Waals surface area (Å²) in [7, 11) is 1.70. The van der Waals surface area contributed by atoms with Crippen LogP contribution in [0.25, 0.3) is 0 Å². The molecule has 0 aliphatic rings. The molecule has 0 aliphatic heterocycles. The van der Waals surface area contributed by atoms with Crippen molar-refractivity contribution >= 4 is 29.9 Å². The molecule has 26 heavy (non-hydrogen) atoms. The molecule has 1 unspecified atom stereocenters. The first kappa shape index (κ1) is 25.1. The van der Waals surface area contributed by atoms with Gasteiger partial charge in [0, 0.05) is 26.3 Å². The Hall–Kier alpha value is -0.900. The monoisotopic (exact) mass is 479 g/mol. The zero-order valence-corrected chi connectivity index (χ0v) is 18.7. The molecule has 0 aromatic heterocycles. The number of hydrogen-bond donors (Lipinski definition) is 2. The molecule has 0 fully saturated rings. The molecule has 6 nitrogen and oxygen atoms in total. The van der Waals surface area contributed by atoms with Crippen molar-refractivity contribution in [1.29, 1.82) is 0 Å². The summed E-state index contributed by atoms with van der Waals surface area (Å²) in [6, 6.07) is 8.52. The lowest BCUT2D eigenvalue weighted by molar-refractivity contribution is 0.0453. The molecule has 0 saturated heterocycles. The highest BCUT2D eigenvalue weighted by Gasteiger charge is 2.04. The second-order valence-electron chi connectivity index (χ2n) is 5.77. The Morgan fingerprint density at radius 2 is 1.88 bits per heavy atom. The van der Waals surface area contributed by atoms with Crippen LogP contribution in [0.1, 0.15) is 31.9 Å². The minimum Gasteiger partial charge on any atom is -0.383 e. The summed E-state index contributed by atoms with van der Waals surface area (Å²) in [5.41, 5.74) is 2.30. The van der Waals surface area contributed by atoms with Crippen LogP contribution >= 0.6 is 24.0 Å². The highest BCUT2D eigenvalue weighted by Crippen LogP contribution is 2.08. The predicted molar refractivity (Wildman–Crippen MR) is 117 cm³/mol. The second kappa shape index (κ2) is 16.3. The zero-order valence-electron chi connectivity index (χ0n) is 16.4. The van der Waals surface area contributed by atoms with E-state index in [4.69, 9.17) is 14.2 Å². The molecule has 1 rings (SSSR count). The fourth-order valence-electron chi connectivity index (χ4n) is 2.29. The molecule has 150 valence electrons. The lowest BCUT2D eigenvalue weighted by Crippen LogP contribution is -2.43. The van der Waals surface area contributed by atoms with E-state index >= 15 is 0 Å². The molecule has 1 atom stereocenters. The van der Waals surface area contributed by atoms with E-state index in [-0.39, 0.29) is 30.0 Å². The Balaban J connectivity index is 0.00000625. The summed E-state index contributed by atoms with van der Waals surface area (Å²) in [4.78, 5) is 4.65. The number of nitrogens with one attached hydrogen (secondary N) is 2. The third-order valence-corrected chi connectivity index (χ3v) is 3.40. The molecule has 0 aliphatic carbocycles. The van der Waals surface area contributed by atoms with E-state index in [1.165, 1.54) is 0 Å². The molecule has 0 heterocycles. The Morgan fingerprint density at radius 3 is 2.58 bits per heavy atom. The highest BCUT2D eigenvalue weighted by molar-refractivity contribution is 14.0. The van der Waals surface area contributed by atoms with Crippen LogP contribution in [0.5, 0.6) is 0 Å². The van der Waals surface area contributed by atoms with Gasteiger partial charge in [-0.15, -0.1) is 24.0 Å². The number of aliphatic imine (C=N–C) groups is 1. The van der Waals surface area contributed by atoms with E-state index < -0.39 is 0 Å². The number of benzene rings is 1. The predicted octanol–water partition coefficient (Wildman–Crippen LogP) is 2.95. The lowest BCUT2D eigenvalue weighted by Gasteiger charge is -2.17. The second-order valence-corrected chi connectivity index (χ2v) is 5.77. The van der Waals surface area contributed by atoms with Gasteiger partial charge in [0.1, 0.15) is 0 Å². The molecule has 0 bridgehead atoms. The summed E-state index contributed by atoms with van der Waals surface area (Å²) in [6.45, 7) is 10.7. The number of guanidine groups is 1. The smallest absolute Gasteiger partial charge is 0.191 e. The average molecular weight is 479 g/mol. The number of rotatable bonds is 12. The largest absolute Gasteiger partial charge is 0.383 e. The van der Waals surface area contributed by atoms with E-state index in [1.807, 2.05) is 13.0 Å². The van der Waals surface area contributed by atoms with Gasteiger partial charge in [-0.1, -0.05) is 24.3 Å².